The quantitative estimate of drug-likeness (QED) is 0.0209. The van der Waals surface area contributed by atoms with Crippen molar-refractivity contribution in [3.63, 3.8) is 0 Å². The van der Waals surface area contributed by atoms with E-state index in [9.17, 15) is 45.3 Å². The van der Waals surface area contributed by atoms with Crippen molar-refractivity contribution in [2.75, 3.05) is 26.4 Å². The molecule has 0 aromatic rings. The van der Waals surface area contributed by atoms with Crippen LogP contribution < -0.4 is 0 Å². The smallest absolute Gasteiger partial charge is 0.306 e. The molecule has 2 fully saturated rings. The number of ether oxygens (including phenoxy) is 6. The van der Waals surface area contributed by atoms with Gasteiger partial charge in [0.1, 0.15) is 55.4 Å². The standard InChI is InChI=1S/C51H84O15/c1-3-5-7-9-11-13-15-17-19-21-23-25-27-29-31-33-42(53)61-36-39(64-43(54)34-32-30-28-26-24-22-20-18-16-14-12-10-8-6-4-2)37-62-50-49(60)47(58)45(56)41(66-50)38-63-51-48(59)46(57)44(55)40(35-52)65-51/h5-8,11-14,17-20,39-41,44-52,55-60H,3-4,9-10,15-16,21-38H2,1-2H3/b7-5+,8-6+,13-11+,14-12+,19-17+,20-18+/t39-,40-,41-,44+,45+,46?,47?,48?,49?,50-,51-/m1/s1. The van der Waals surface area contributed by atoms with Crippen molar-refractivity contribution < 1.29 is 73.8 Å². The molecule has 7 N–H and O–H groups in total. The Bertz CT molecular complexity index is 1430. The van der Waals surface area contributed by atoms with Crippen LogP contribution in [-0.4, -0.2) is 142 Å². The maximum absolute atomic E-state index is 13.0. The molecule has 11 atom stereocenters. The molecule has 15 heteroatoms. The van der Waals surface area contributed by atoms with E-state index >= 15 is 0 Å². The van der Waals surface area contributed by atoms with Gasteiger partial charge in [-0.25, -0.2) is 0 Å². The lowest BCUT2D eigenvalue weighted by Crippen LogP contribution is -2.61. The Morgan fingerprint density at radius 3 is 1.42 bits per heavy atom. The van der Waals surface area contributed by atoms with Gasteiger partial charge < -0.3 is 64.2 Å². The average molecular weight is 937 g/mol. The lowest BCUT2D eigenvalue weighted by molar-refractivity contribution is -0.332. The zero-order valence-electron chi connectivity index (χ0n) is 39.6. The fourth-order valence-electron chi connectivity index (χ4n) is 7.18. The van der Waals surface area contributed by atoms with Gasteiger partial charge >= 0.3 is 11.9 Å². The normalized spacial score (nSPS) is 26.8. The molecule has 2 rings (SSSR count). The summed E-state index contributed by atoms with van der Waals surface area (Å²) >= 11 is 0. The van der Waals surface area contributed by atoms with E-state index in [0.717, 1.165) is 103 Å². The number of carbonyl (C=O) groups is 2. The number of esters is 2. The van der Waals surface area contributed by atoms with Crippen LogP contribution in [-0.2, 0) is 38.0 Å². The molecule has 0 bridgehead atoms. The molecule has 0 aromatic heterocycles. The summed E-state index contributed by atoms with van der Waals surface area (Å²) in [7, 11) is 0. The lowest BCUT2D eigenvalue weighted by atomic mass is 9.98. The summed E-state index contributed by atoms with van der Waals surface area (Å²) in [6.45, 7) is 2.30. The number of rotatable bonds is 36. The van der Waals surface area contributed by atoms with Crippen LogP contribution in [0.4, 0.5) is 0 Å². The van der Waals surface area contributed by atoms with Crippen LogP contribution in [0.15, 0.2) is 72.9 Å². The van der Waals surface area contributed by atoms with Gasteiger partial charge in [-0.15, -0.1) is 0 Å². The highest BCUT2D eigenvalue weighted by Crippen LogP contribution is 2.26. The molecular formula is C51H84O15. The predicted octanol–water partition coefficient (Wildman–Crippen LogP) is 6.26. The van der Waals surface area contributed by atoms with Gasteiger partial charge in [-0.1, -0.05) is 125 Å². The molecule has 2 aliphatic rings. The highest BCUT2D eigenvalue weighted by molar-refractivity contribution is 5.70. The third-order valence-electron chi connectivity index (χ3n) is 11.2. The van der Waals surface area contributed by atoms with E-state index < -0.39 is 99.3 Å². The van der Waals surface area contributed by atoms with Crippen LogP contribution in [0.5, 0.6) is 0 Å². The van der Waals surface area contributed by atoms with Gasteiger partial charge in [0.05, 0.1) is 19.8 Å². The zero-order valence-corrected chi connectivity index (χ0v) is 39.6. The summed E-state index contributed by atoms with van der Waals surface area (Å²) in [5, 5.41) is 72.0. The maximum Gasteiger partial charge on any atom is 0.306 e. The molecule has 0 amide bonds. The van der Waals surface area contributed by atoms with Crippen LogP contribution >= 0.6 is 0 Å². The molecule has 66 heavy (non-hydrogen) atoms. The van der Waals surface area contributed by atoms with Crippen LogP contribution in [0.2, 0.25) is 0 Å². The summed E-state index contributed by atoms with van der Waals surface area (Å²) in [6, 6.07) is 0. The topological polar surface area (TPSA) is 231 Å². The number of aliphatic hydroxyl groups is 7. The van der Waals surface area contributed by atoms with Crippen molar-refractivity contribution in [3.05, 3.63) is 72.9 Å². The Morgan fingerprint density at radius 2 is 0.909 bits per heavy atom. The molecule has 4 unspecified atom stereocenters. The summed E-state index contributed by atoms with van der Waals surface area (Å²) in [6.07, 6.45) is 26.5. The van der Waals surface area contributed by atoms with Crippen LogP contribution in [0.25, 0.3) is 0 Å². The molecule has 2 saturated heterocycles. The number of allylic oxidation sites excluding steroid dienone is 12. The monoisotopic (exact) mass is 937 g/mol. The third-order valence-corrected chi connectivity index (χ3v) is 11.2. The minimum Gasteiger partial charge on any atom is -0.462 e. The number of hydrogen-bond acceptors (Lipinski definition) is 15. The van der Waals surface area contributed by atoms with Crippen molar-refractivity contribution >= 4 is 11.9 Å². The average Bonchev–Trinajstić information content (AvgIpc) is 3.31. The minimum absolute atomic E-state index is 0.138. The second kappa shape index (κ2) is 37.9. The largest absolute Gasteiger partial charge is 0.462 e. The first kappa shape index (κ1) is 59.1. The fourth-order valence-corrected chi connectivity index (χ4v) is 7.18. The van der Waals surface area contributed by atoms with E-state index in [2.05, 4.69) is 86.8 Å². The van der Waals surface area contributed by atoms with Gasteiger partial charge in [-0.05, 0) is 77.0 Å². The number of aliphatic hydroxyl groups excluding tert-OH is 7. The third kappa shape index (κ3) is 25.9. The van der Waals surface area contributed by atoms with Crippen LogP contribution in [0.3, 0.4) is 0 Å². The predicted molar refractivity (Wildman–Crippen MR) is 252 cm³/mol. The van der Waals surface area contributed by atoms with E-state index in [4.69, 9.17) is 28.4 Å². The molecule has 15 nitrogen and oxygen atoms in total. The Kier molecular flexibility index (Phi) is 33.9. The molecular weight excluding hydrogens is 853 g/mol. The molecule has 2 heterocycles. The van der Waals surface area contributed by atoms with Crippen molar-refractivity contribution in [2.24, 2.45) is 0 Å². The van der Waals surface area contributed by atoms with Crippen LogP contribution in [0, 0.1) is 0 Å². The summed E-state index contributed by atoms with van der Waals surface area (Å²) in [5.41, 5.74) is 0. The SMILES string of the molecule is CC/C=C/C/C=C/C/C=C/CCCCCCCC(=O)OC[C@H](CO[C@@H]1O[C@H](CO[C@@H]2O[C@H](CO)[C@H](O)C(O)C2O)[C@H](O)C(O)C1O)OC(=O)CCCCCCC/C=C/C/C=C/C/C=C/CC. The first-order valence-corrected chi connectivity index (χ1v) is 24.5. The Hall–Kier alpha value is -3.06. The second-order valence-corrected chi connectivity index (χ2v) is 16.9. The summed E-state index contributed by atoms with van der Waals surface area (Å²) in [4.78, 5) is 25.7. The number of unbranched alkanes of at least 4 members (excludes halogenated alkanes) is 10. The molecule has 0 aromatic carbocycles. The van der Waals surface area contributed by atoms with Crippen molar-refractivity contribution in [1.29, 1.82) is 0 Å². The lowest BCUT2D eigenvalue weighted by Gasteiger charge is -2.42. The van der Waals surface area contributed by atoms with Gasteiger partial charge in [0.2, 0.25) is 0 Å². The molecule has 0 radical (unpaired) electrons. The van der Waals surface area contributed by atoms with E-state index in [1.807, 2.05) is 0 Å². The van der Waals surface area contributed by atoms with Crippen LogP contribution in [0.1, 0.15) is 142 Å². The molecule has 0 saturated carbocycles. The van der Waals surface area contributed by atoms with E-state index in [-0.39, 0.29) is 19.4 Å². The van der Waals surface area contributed by atoms with Gasteiger partial charge in [-0.2, -0.15) is 0 Å². The van der Waals surface area contributed by atoms with Gasteiger partial charge in [0.25, 0.3) is 0 Å². The summed E-state index contributed by atoms with van der Waals surface area (Å²) < 4.78 is 33.5. The maximum atomic E-state index is 13.0. The summed E-state index contributed by atoms with van der Waals surface area (Å²) in [5.74, 6) is -0.973. The molecule has 2 aliphatic heterocycles. The van der Waals surface area contributed by atoms with Crippen molar-refractivity contribution in [3.8, 4) is 0 Å². The highest BCUT2D eigenvalue weighted by atomic mass is 16.7. The van der Waals surface area contributed by atoms with Gasteiger partial charge in [0, 0.05) is 12.8 Å². The zero-order chi connectivity index (χ0) is 48.2. The molecule has 378 valence electrons. The van der Waals surface area contributed by atoms with E-state index in [1.165, 1.54) is 0 Å². The van der Waals surface area contributed by atoms with Crippen molar-refractivity contribution in [2.45, 2.75) is 210 Å². The fraction of sp³-hybridized carbons (Fsp3) is 0.725. The Labute approximate surface area is 393 Å². The first-order chi connectivity index (χ1) is 32.0. The number of carbonyl (C=O) groups excluding carboxylic acids is 2. The first-order valence-electron chi connectivity index (χ1n) is 24.5. The van der Waals surface area contributed by atoms with Crippen molar-refractivity contribution in [1.82, 2.24) is 0 Å². The van der Waals surface area contributed by atoms with E-state index in [0.29, 0.717) is 12.8 Å². The van der Waals surface area contributed by atoms with Gasteiger partial charge in [0.15, 0.2) is 18.7 Å². The number of hydrogen-bond donors (Lipinski definition) is 7. The Balaban J connectivity index is 1.84. The highest BCUT2D eigenvalue weighted by Gasteiger charge is 2.47. The van der Waals surface area contributed by atoms with E-state index in [1.54, 1.807) is 0 Å². The molecule has 0 aliphatic carbocycles. The molecule has 0 spiro atoms. The second-order valence-electron chi connectivity index (χ2n) is 16.9. The van der Waals surface area contributed by atoms with Gasteiger partial charge in [-0.3, -0.25) is 9.59 Å². The Morgan fingerprint density at radius 1 is 0.485 bits per heavy atom. The minimum atomic E-state index is -1.77.